The molecule has 0 bridgehead atoms. The summed E-state index contributed by atoms with van der Waals surface area (Å²) < 4.78 is 0. The lowest BCUT2D eigenvalue weighted by molar-refractivity contribution is 0.0696. The summed E-state index contributed by atoms with van der Waals surface area (Å²) in [6, 6.07) is 41.6. The van der Waals surface area contributed by atoms with E-state index in [9.17, 15) is 9.59 Å². The number of aromatic nitrogens is 2. The van der Waals surface area contributed by atoms with E-state index in [-0.39, 0.29) is 22.3 Å². The molecule has 63 heavy (non-hydrogen) atoms. The maximum atomic E-state index is 12.5. The maximum Gasteiger partial charge on any atom is 0.335 e. The smallest absolute Gasteiger partial charge is 0.335 e. The van der Waals surface area contributed by atoms with Crippen molar-refractivity contribution in [2.45, 2.75) is 52.4 Å². The normalized spacial score (nSPS) is 11.1. The number of thiophene rings is 2. The molecule has 0 aliphatic rings. The Labute approximate surface area is 387 Å². The lowest BCUT2D eigenvalue weighted by Crippen LogP contribution is -2.13. The van der Waals surface area contributed by atoms with Crippen molar-refractivity contribution >= 4 is 69.1 Å². The molecule has 0 atom stereocenters. The zero-order valence-electron chi connectivity index (χ0n) is 35.8. The second kappa shape index (κ2) is 20.4. The monoisotopic (exact) mass is 910 g/mol. The van der Waals surface area contributed by atoms with E-state index in [4.69, 9.17) is 34.0 Å². The van der Waals surface area contributed by atoms with Gasteiger partial charge in [0.15, 0.2) is 0 Å². The Morgan fingerprint density at radius 2 is 1.02 bits per heavy atom. The minimum absolute atomic E-state index is 0.00440. The fourth-order valence-electron chi connectivity index (χ4n) is 6.20. The van der Waals surface area contributed by atoms with Gasteiger partial charge in [-0.3, -0.25) is 14.8 Å². The van der Waals surface area contributed by atoms with Crippen LogP contribution >= 0.6 is 45.9 Å². The summed E-state index contributed by atoms with van der Waals surface area (Å²) in [6.07, 6.45) is 3.70. The van der Waals surface area contributed by atoms with Gasteiger partial charge in [0.1, 0.15) is 0 Å². The Morgan fingerprint density at radius 3 is 1.43 bits per heavy atom. The number of para-hydroxylation sites is 2. The summed E-state index contributed by atoms with van der Waals surface area (Å²) in [5.74, 6) is -1.16. The molecule has 0 aliphatic heterocycles. The predicted octanol–water partition coefficient (Wildman–Crippen LogP) is 15.1. The van der Waals surface area contributed by atoms with Gasteiger partial charge in [-0.05, 0) is 118 Å². The van der Waals surface area contributed by atoms with E-state index in [1.165, 1.54) is 6.07 Å². The van der Waals surface area contributed by atoms with Crippen LogP contribution in [-0.4, -0.2) is 27.0 Å². The molecule has 8 aromatic rings. The first kappa shape index (κ1) is 46.4. The van der Waals surface area contributed by atoms with Gasteiger partial charge in [0.05, 0.1) is 5.56 Å². The lowest BCUT2D eigenvalue weighted by Gasteiger charge is -2.17. The number of nitrogens with two attached hydrogens (primary N) is 1. The lowest BCUT2D eigenvalue weighted by atomic mass is 9.90. The molecule has 0 saturated heterocycles. The summed E-state index contributed by atoms with van der Waals surface area (Å²) in [5, 5.41) is 17.1. The van der Waals surface area contributed by atoms with Gasteiger partial charge in [0.2, 0.25) is 0 Å². The van der Waals surface area contributed by atoms with E-state index in [1.807, 2.05) is 96.6 Å². The first-order valence-electron chi connectivity index (χ1n) is 20.1. The Hall–Kier alpha value is -6.10. The molecule has 0 radical (unpaired) electrons. The molecule has 320 valence electrons. The standard InChI is InChI=1S/C26H23ClN2OS.C20H18ClNO2S.C6H7N/c1-26(2,3)24-15-17(11-12-28-24)23-14-19(16-31-23)21-10-9-18(13-22(21)27)25(30)29-20-7-5-4-6-8-20;1-20(2,3)18-10-12(6-7-22-18)17-9-14(11-25-17)15-5-4-13(19(23)24)8-16(15)21;7-6-4-2-1-3-5-6/h4-16H,1-3H3,(H,29,30);4-11H,1-3H3,(H,23,24);1-5H,7H2. The molecule has 1 amide bonds. The topological polar surface area (TPSA) is 118 Å². The number of pyridine rings is 2. The number of nitrogen functional groups attached to an aromatic ring is 1. The SMILES string of the molecule is CC(C)(C)c1cc(-c2cc(-c3ccc(C(=O)Nc4ccccc4)cc3Cl)cs2)ccn1.CC(C)(C)c1cc(-c2cc(-c3ccc(C(=O)O)cc3Cl)cs2)ccn1.Nc1ccccc1. The molecule has 0 saturated carbocycles. The Kier molecular flexibility index (Phi) is 15.0. The Morgan fingerprint density at radius 1 is 0.571 bits per heavy atom. The first-order valence-corrected chi connectivity index (χ1v) is 22.6. The van der Waals surface area contributed by atoms with Gasteiger partial charge in [-0.15, -0.1) is 22.7 Å². The highest BCUT2D eigenvalue weighted by Gasteiger charge is 2.19. The zero-order valence-corrected chi connectivity index (χ0v) is 39.0. The number of hydrogen-bond acceptors (Lipinski definition) is 7. The molecule has 4 aromatic carbocycles. The summed E-state index contributed by atoms with van der Waals surface area (Å²) in [7, 11) is 0. The highest BCUT2D eigenvalue weighted by atomic mass is 35.5. The predicted molar refractivity (Wildman–Crippen MR) is 266 cm³/mol. The van der Waals surface area contributed by atoms with Crippen LogP contribution in [0.25, 0.3) is 43.1 Å². The molecule has 0 aliphatic carbocycles. The highest BCUT2D eigenvalue weighted by molar-refractivity contribution is 7.14. The van der Waals surface area contributed by atoms with Crippen LogP contribution in [0.15, 0.2) is 157 Å². The largest absolute Gasteiger partial charge is 0.478 e. The molecule has 4 N–H and O–H groups in total. The Bertz CT molecular complexity index is 2830. The van der Waals surface area contributed by atoms with Crippen LogP contribution in [0.2, 0.25) is 10.0 Å². The molecular formula is C52H48Cl2N4O3S2. The third kappa shape index (κ3) is 12.5. The quantitative estimate of drug-likeness (QED) is 0.137. The van der Waals surface area contributed by atoms with Crippen LogP contribution in [0.1, 0.15) is 73.6 Å². The zero-order chi connectivity index (χ0) is 45.3. The number of nitrogens with one attached hydrogen (secondary N) is 1. The number of anilines is 2. The molecule has 0 spiro atoms. The fraction of sp³-hybridized carbons (Fsp3) is 0.154. The van der Waals surface area contributed by atoms with Crippen LogP contribution < -0.4 is 11.1 Å². The number of carboxylic acid groups (broad SMARTS) is 1. The van der Waals surface area contributed by atoms with Crippen molar-refractivity contribution in [3.8, 4) is 43.1 Å². The maximum absolute atomic E-state index is 12.5. The van der Waals surface area contributed by atoms with Crippen LogP contribution in [0, 0.1) is 0 Å². The molecular weight excluding hydrogens is 864 g/mol. The van der Waals surface area contributed by atoms with Crippen LogP contribution in [0.4, 0.5) is 11.4 Å². The summed E-state index contributed by atoms with van der Waals surface area (Å²) >= 11 is 16.2. The van der Waals surface area contributed by atoms with Crippen LogP contribution in [0.5, 0.6) is 0 Å². The van der Waals surface area contributed by atoms with Gasteiger partial charge in [-0.25, -0.2) is 4.79 Å². The summed E-state index contributed by atoms with van der Waals surface area (Å²) in [5.41, 5.74) is 15.8. The highest BCUT2D eigenvalue weighted by Crippen LogP contribution is 2.39. The minimum Gasteiger partial charge on any atom is -0.478 e. The number of carbonyl (C=O) groups excluding carboxylic acids is 1. The average Bonchev–Trinajstić information content (AvgIpc) is 3.96. The number of carbonyl (C=O) groups is 2. The van der Waals surface area contributed by atoms with Gasteiger partial charge in [-0.1, -0.05) is 113 Å². The second-order valence-electron chi connectivity index (χ2n) is 16.7. The third-order valence-electron chi connectivity index (χ3n) is 9.73. The van der Waals surface area contributed by atoms with Crippen molar-refractivity contribution in [3.63, 3.8) is 0 Å². The number of benzene rings is 4. The number of carboxylic acids is 1. The summed E-state index contributed by atoms with van der Waals surface area (Å²) in [6.45, 7) is 12.9. The van der Waals surface area contributed by atoms with E-state index in [1.54, 1.807) is 46.9 Å². The number of halogens is 2. The molecule has 0 unspecified atom stereocenters. The van der Waals surface area contributed by atoms with Crippen LogP contribution in [-0.2, 0) is 10.8 Å². The number of amides is 1. The first-order chi connectivity index (χ1) is 30.0. The summed E-state index contributed by atoms with van der Waals surface area (Å²) in [4.78, 5) is 34.9. The van der Waals surface area contributed by atoms with Gasteiger partial charge < -0.3 is 16.2 Å². The van der Waals surface area contributed by atoms with Gasteiger partial charge in [-0.2, -0.15) is 0 Å². The van der Waals surface area contributed by atoms with E-state index in [0.717, 1.165) is 65.9 Å². The number of aromatic carboxylic acids is 1. The van der Waals surface area contributed by atoms with E-state index in [2.05, 4.69) is 86.5 Å². The molecule has 4 aromatic heterocycles. The van der Waals surface area contributed by atoms with Crippen molar-refractivity contribution < 1.29 is 14.7 Å². The number of nitrogens with zero attached hydrogens (tertiary/aromatic N) is 2. The van der Waals surface area contributed by atoms with Crippen molar-refractivity contribution in [2.24, 2.45) is 0 Å². The van der Waals surface area contributed by atoms with Gasteiger partial charge in [0, 0.05) is 82.5 Å². The molecule has 0 fully saturated rings. The number of rotatable bonds is 7. The second-order valence-corrected chi connectivity index (χ2v) is 19.3. The number of hydrogen-bond donors (Lipinski definition) is 3. The van der Waals surface area contributed by atoms with Crippen molar-refractivity contribution in [2.75, 3.05) is 11.1 Å². The Balaban J connectivity index is 0.000000184. The van der Waals surface area contributed by atoms with E-state index >= 15 is 0 Å². The van der Waals surface area contributed by atoms with E-state index < -0.39 is 5.97 Å². The van der Waals surface area contributed by atoms with Crippen molar-refractivity contribution in [3.05, 3.63) is 189 Å². The van der Waals surface area contributed by atoms with Crippen molar-refractivity contribution in [1.29, 1.82) is 0 Å². The van der Waals surface area contributed by atoms with E-state index in [0.29, 0.717) is 15.6 Å². The average molecular weight is 912 g/mol. The molecule has 8 rings (SSSR count). The van der Waals surface area contributed by atoms with Gasteiger partial charge in [0.25, 0.3) is 5.91 Å². The molecule has 4 heterocycles. The van der Waals surface area contributed by atoms with Gasteiger partial charge >= 0.3 is 5.97 Å². The molecule has 7 nitrogen and oxygen atoms in total. The van der Waals surface area contributed by atoms with Crippen LogP contribution in [0.3, 0.4) is 0 Å². The van der Waals surface area contributed by atoms with Crippen molar-refractivity contribution in [1.82, 2.24) is 9.97 Å². The fourth-order valence-corrected chi connectivity index (χ4v) is 8.59. The molecule has 11 heteroatoms. The third-order valence-corrected chi connectivity index (χ3v) is 12.3. The minimum atomic E-state index is -0.981.